The highest BCUT2D eigenvalue weighted by Gasteiger charge is 2.13. The van der Waals surface area contributed by atoms with Crippen molar-refractivity contribution < 1.29 is 4.39 Å². The van der Waals surface area contributed by atoms with E-state index < -0.39 is 0 Å². The third-order valence-corrected chi connectivity index (χ3v) is 3.08. The summed E-state index contributed by atoms with van der Waals surface area (Å²) in [5.74, 6) is -0.314. The number of hydrogen-bond acceptors (Lipinski definition) is 3. The summed E-state index contributed by atoms with van der Waals surface area (Å²) in [5.41, 5.74) is 1.82. The molecule has 0 aliphatic heterocycles. The lowest BCUT2D eigenvalue weighted by atomic mass is 10.0. The lowest BCUT2D eigenvalue weighted by Gasteiger charge is -2.15. The molecule has 102 valence electrons. The van der Waals surface area contributed by atoms with Gasteiger partial charge in [-0.2, -0.15) is 5.10 Å². The van der Waals surface area contributed by atoms with E-state index in [1.807, 2.05) is 24.0 Å². The van der Waals surface area contributed by atoms with Crippen molar-refractivity contribution in [3.05, 3.63) is 47.8 Å². The highest BCUT2D eigenvalue weighted by molar-refractivity contribution is 5.17. The van der Waals surface area contributed by atoms with E-state index in [2.05, 4.69) is 29.2 Å². The van der Waals surface area contributed by atoms with Crippen molar-refractivity contribution >= 4 is 0 Å². The first kappa shape index (κ1) is 13.7. The smallest absolute Gasteiger partial charge is 0.141 e. The molecular weight excluding hydrogens is 243 g/mol. The largest absolute Gasteiger partial charge is 0.313 e. The average molecular weight is 262 g/mol. The van der Waals surface area contributed by atoms with Crippen molar-refractivity contribution in [2.45, 2.75) is 32.4 Å². The molecule has 0 spiro atoms. The van der Waals surface area contributed by atoms with E-state index in [-0.39, 0.29) is 11.9 Å². The van der Waals surface area contributed by atoms with E-state index in [9.17, 15) is 4.39 Å². The molecule has 2 heterocycles. The van der Waals surface area contributed by atoms with Crippen LogP contribution in [-0.2, 0) is 6.42 Å². The molecule has 2 aromatic heterocycles. The van der Waals surface area contributed by atoms with Crippen molar-refractivity contribution in [1.82, 2.24) is 20.1 Å². The summed E-state index contributed by atoms with van der Waals surface area (Å²) in [7, 11) is 1.86. The van der Waals surface area contributed by atoms with Crippen molar-refractivity contribution in [1.29, 1.82) is 0 Å². The van der Waals surface area contributed by atoms with Crippen LogP contribution in [0, 0.1) is 5.82 Å². The van der Waals surface area contributed by atoms with Gasteiger partial charge in [-0.3, -0.25) is 9.67 Å². The summed E-state index contributed by atoms with van der Waals surface area (Å²) in [6.45, 7) is 4.17. The molecule has 1 atom stereocenters. The molecule has 1 unspecified atom stereocenters. The van der Waals surface area contributed by atoms with Gasteiger partial charge in [-0.05, 0) is 38.6 Å². The topological polar surface area (TPSA) is 42.7 Å². The summed E-state index contributed by atoms with van der Waals surface area (Å²) in [6.07, 6.45) is 5.57. The van der Waals surface area contributed by atoms with Gasteiger partial charge in [0.05, 0.1) is 11.9 Å². The van der Waals surface area contributed by atoms with Crippen LogP contribution in [0.5, 0.6) is 0 Å². The molecule has 0 saturated carbocycles. The minimum atomic E-state index is -0.314. The zero-order valence-corrected chi connectivity index (χ0v) is 11.5. The Labute approximate surface area is 112 Å². The van der Waals surface area contributed by atoms with Crippen molar-refractivity contribution in [3.63, 3.8) is 0 Å². The Bertz CT molecular complexity index is 536. The Kier molecular flexibility index (Phi) is 4.27. The van der Waals surface area contributed by atoms with E-state index in [1.165, 1.54) is 12.3 Å². The maximum absolute atomic E-state index is 13.2. The number of halogens is 1. The molecule has 2 aromatic rings. The Balaban J connectivity index is 2.14. The second-order valence-electron chi connectivity index (χ2n) is 4.86. The summed E-state index contributed by atoms with van der Waals surface area (Å²) >= 11 is 0. The summed E-state index contributed by atoms with van der Waals surface area (Å²) in [6, 6.07) is 3.86. The molecule has 0 aliphatic carbocycles. The van der Waals surface area contributed by atoms with Crippen LogP contribution in [0.3, 0.4) is 0 Å². The van der Waals surface area contributed by atoms with Gasteiger partial charge >= 0.3 is 0 Å². The van der Waals surface area contributed by atoms with Crippen molar-refractivity contribution in [3.8, 4) is 0 Å². The number of nitrogens with one attached hydrogen (secondary N) is 1. The molecule has 1 N–H and O–H groups in total. The highest BCUT2D eigenvalue weighted by atomic mass is 19.1. The van der Waals surface area contributed by atoms with Gasteiger partial charge in [-0.15, -0.1) is 0 Å². The average Bonchev–Trinajstić information content (AvgIpc) is 2.84. The van der Waals surface area contributed by atoms with Gasteiger partial charge in [0, 0.05) is 30.9 Å². The van der Waals surface area contributed by atoms with Crippen LogP contribution in [0.2, 0.25) is 0 Å². The summed E-state index contributed by atoms with van der Waals surface area (Å²) in [5, 5.41) is 7.68. The Morgan fingerprint density at radius 1 is 1.37 bits per heavy atom. The van der Waals surface area contributed by atoms with Crippen molar-refractivity contribution in [2.24, 2.45) is 0 Å². The zero-order chi connectivity index (χ0) is 13.8. The van der Waals surface area contributed by atoms with Gasteiger partial charge < -0.3 is 5.32 Å². The molecule has 5 heteroatoms. The minimum absolute atomic E-state index is 0.0127. The first-order valence-corrected chi connectivity index (χ1v) is 6.42. The molecule has 4 nitrogen and oxygen atoms in total. The van der Waals surface area contributed by atoms with E-state index >= 15 is 0 Å². The van der Waals surface area contributed by atoms with Crippen LogP contribution < -0.4 is 5.32 Å². The maximum Gasteiger partial charge on any atom is 0.141 e. The standard InChI is InChI=1S/C14H19FN4/c1-10(2)19-5-4-13(18-19)7-14(16-3)11-6-12(15)9-17-8-11/h4-6,8-10,14,16H,7H2,1-3H3. The molecular formula is C14H19FN4. The van der Waals surface area contributed by atoms with E-state index in [0.717, 1.165) is 11.3 Å². The number of hydrogen-bond donors (Lipinski definition) is 1. The molecule has 0 bridgehead atoms. The van der Waals surface area contributed by atoms with Crippen LogP contribution in [0.4, 0.5) is 4.39 Å². The Morgan fingerprint density at radius 3 is 2.74 bits per heavy atom. The predicted octanol–water partition coefficient (Wildman–Crippen LogP) is 2.50. The van der Waals surface area contributed by atoms with Crippen LogP contribution >= 0.6 is 0 Å². The van der Waals surface area contributed by atoms with Crippen molar-refractivity contribution in [2.75, 3.05) is 7.05 Å². The number of nitrogens with zero attached hydrogens (tertiary/aromatic N) is 3. The lowest BCUT2D eigenvalue weighted by molar-refractivity contribution is 0.513. The Morgan fingerprint density at radius 2 is 2.16 bits per heavy atom. The van der Waals surface area contributed by atoms with Crippen LogP contribution in [0.1, 0.15) is 37.2 Å². The van der Waals surface area contributed by atoms with Gasteiger partial charge in [0.15, 0.2) is 0 Å². The number of pyridine rings is 1. The van der Waals surface area contributed by atoms with E-state index in [4.69, 9.17) is 0 Å². The predicted molar refractivity (Wildman–Crippen MR) is 72.3 cm³/mol. The number of rotatable bonds is 5. The fourth-order valence-electron chi connectivity index (χ4n) is 1.99. The van der Waals surface area contributed by atoms with E-state index in [1.54, 1.807) is 6.20 Å². The lowest BCUT2D eigenvalue weighted by Crippen LogP contribution is -2.19. The third-order valence-electron chi connectivity index (χ3n) is 3.08. The number of aromatic nitrogens is 3. The second-order valence-corrected chi connectivity index (χ2v) is 4.86. The molecule has 19 heavy (non-hydrogen) atoms. The summed E-state index contributed by atoms with van der Waals surface area (Å²) in [4.78, 5) is 3.89. The first-order valence-electron chi connectivity index (χ1n) is 6.42. The number of likely N-dealkylation sites (N-methyl/N-ethyl adjacent to an activating group) is 1. The SMILES string of the molecule is CNC(Cc1ccn(C(C)C)n1)c1cncc(F)c1. The summed E-state index contributed by atoms with van der Waals surface area (Å²) < 4.78 is 15.1. The Hall–Kier alpha value is -1.75. The van der Waals surface area contributed by atoms with Crippen LogP contribution in [-0.4, -0.2) is 21.8 Å². The second kappa shape index (κ2) is 5.93. The van der Waals surface area contributed by atoms with Gasteiger partial charge in [-0.1, -0.05) is 0 Å². The maximum atomic E-state index is 13.2. The molecule has 0 aliphatic rings. The third kappa shape index (κ3) is 3.38. The van der Waals surface area contributed by atoms with Gasteiger partial charge in [0.25, 0.3) is 0 Å². The molecule has 0 saturated heterocycles. The molecule has 0 amide bonds. The fourth-order valence-corrected chi connectivity index (χ4v) is 1.99. The van der Waals surface area contributed by atoms with Gasteiger partial charge in [0.1, 0.15) is 5.82 Å². The van der Waals surface area contributed by atoms with E-state index in [0.29, 0.717) is 12.5 Å². The first-order chi connectivity index (χ1) is 9.10. The minimum Gasteiger partial charge on any atom is -0.313 e. The molecule has 0 radical (unpaired) electrons. The highest BCUT2D eigenvalue weighted by Crippen LogP contribution is 2.17. The van der Waals surface area contributed by atoms with Gasteiger partial charge in [-0.25, -0.2) is 4.39 Å². The molecule has 0 fully saturated rings. The van der Waals surface area contributed by atoms with Gasteiger partial charge in [0.2, 0.25) is 0 Å². The molecule has 2 rings (SSSR count). The normalized spacial score (nSPS) is 12.9. The quantitative estimate of drug-likeness (QED) is 0.900. The molecule has 0 aromatic carbocycles. The van der Waals surface area contributed by atoms with Crippen LogP contribution in [0.25, 0.3) is 0 Å². The monoisotopic (exact) mass is 262 g/mol. The fraction of sp³-hybridized carbons (Fsp3) is 0.429. The zero-order valence-electron chi connectivity index (χ0n) is 11.5. The van der Waals surface area contributed by atoms with Crippen LogP contribution in [0.15, 0.2) is 30.7 Å².